The Morgan fingerprint density at radius 1 is 0.917 bits per heavy atom. The van der Waals surface area contributed by atoms with Crippen molar-refractivity contribution in [3.8, 4) is 22.8 Å². The average Bonchev–Trinajstić information content (AvgIpc) is 2.81. The van der Waals surface area contributed by atoms with Crippen LogP contribution in [-0.2, 0) is 12.0 Å². The maximum Gasteiger partial charge on any atom is 0.261 e. The van der Waals surface area contributed by atoms with Crippen molar-refractivity contribution in [3.05, 3.63) is 98.5 Å². The molecule has 6 nitrogen and oxygen atoms in total. The minimum atomic E-state index is -0.186. The Bertz CT molecular complexity index is 1500. The predicted octanol–water partition coefficient (Wildman–Crippen LogP) is 6.11. The van der Waals surface area contributed by atoms with E-state index in [1.807, 2.05) is 58.2 Å². The minimum absolute atomic E-state index is 0.107. The molecule has 4 aromatic rings. The van der Waals surface area contributed by atoms with E-state index in [9.17, 15) is 4.79 Å². The lowest BCUT2D eigenvalue weighted by Crippen LogP contribution is -2.24. The van der Waals surface area contributed by atoms with Crippen LogP contribution in [0.3, 0.4) is 0 Å². The number of aromatic nitrogens is 4. The lowest BCUT2D eigenvalue weighted by Gasteiger charge is -2.19. The van der Waals surface area contributed by atoms with Crippen LogP contribution in [0.2, 0.25) is 0 Å². The fourth-order valence-electron chi connectivity index (χ4n) is 4.15. The Morgan fingerprint density at radius 2 is 1.64 bits per heavy atom. The van der Waals surface area contributed by atoms with Crippen LogP contribution in [0.1, 0.15) is 60.1 Å². The number of hydrogen-bond acceptors (Lipinski definition) is 5. The molecular formula is C30H34N4O2. The first-order chi connectivity index (χ1) is 17.0. The molecule has 0 fully saturated rings. The van der Waals surface area contributed by atoms with Crippen LogP contribution in [0.25, 0.3) is 17.1 Å². The molecule has 4 rings (SSSR count). The van der Waals surface area contributed by atoms with Gasteiger partial charge in [0.1, 0.15) is 18.2 Å². The highest BCUT2D eigenvalue weighted by atomic mass is 16.5. The molecule has 0 atom stereocenters. The van der Waals surface area contributed by atoms with E-state index in [-0.39, 0.29) is 11.0 Å². The van der Waals surface area contributed by atoms with Gasteiger partial charge in [0, 0.05) is 29.6 Å². The molecule has 0 amide bonds. The molecule has 0 radical (unpaired) electrons. The van der Waals surface area contributed by atoms with Crippen LogP contribution in [-0.4, -0.2) is 19.5 Å². The summed E-state index contributed by atoms with van der Waals surface area (Å²) in [6, 6.07) is 12.1. The van der Waals surface area contributed by atoms with Crippen molar-refractivity contribution in [1.82, 2.24) is 19.5 Å². The molecule has 0 aliphatic carbocycles. The highest BCUT2D eigenvalue weighted by molar-refractivity contribution is 5.62. The highest BCUT2D eigenvalue weighted by Crippen LogP contribution is 2.27. The average molecular weight is 483 g/mol. The first kappa shape index (κ1) is 25.3. The third-order valence-corrected chi connectivity index (χ3v) is 6.26. The Morgan fingerprint density at radius 3 is 2.33 bits per heavy atom. The van der Waals surface area contributed by atoms with Crippen molar-refractivity contribution in [3.63, 3.8) is 0 Å². The summed E-state index contributed by atoms with van der Waals surface area (Å²) in [5.41, 5.74) is 7.42. The van der Waals surface area contributed by atoms with Gasteiger partial charge in [-0.2, -0.15) is 0 Å². The van der Waals surface area contributed by atoms with Gasteiger partial charge in [-0.3, -0.25) is 14.3 Å². The quantitative estimate of drug-likeness (QED) is 0.343. The molecule has 0 saturated carbocycles. The summed E-state index contributed by atoms with van der Waals surface area (Å²) in [4.78, 5) is 27.6. The van der Waals surface area contributed by atoms with E-state index in [4.69, 9.17) is 9.72 Å². The molecule has 3 heterocycles. The fraction of sp³-hybridized carbons (Fsp3) is 0.333. The van der Waals surface area contributed by atoms with E-state index in [1.165, 1.54) is 5.56 Å². The second-order valence-electron chi connectivity index (χ2n) is 10.5. The zero-order chi connectivity index (χ0) is 26.2. The van der Waals surface area contributed by atoms with Crippen molar-refractivity contribution in [2.24, 2.45) is 0 Å². The molecule has 0 aliphatic heterocycles. The Balaban J connectivity index is 1.75. The molecule has 0 spiro atoms. The topological polar surface area (TPSA) is 69.9 Å². The number of hydrogen-bond donors (Lipinski definition) is 0. The Hall–Kier alpha value is -3.80. The Labute approximate surface area is 213 Å². The number of benzene rings is 1. The van der Waals surface area contributed by atoms with Crippen LogP contribution in [0, 0.1) is 34.6 Å². The molecular weight excluding hydrogens is 448 g/mol. The first-order valence-corrected chi connectivity index (χ1v) is 12.2. The molecule has 186 valence electrons. The fourth-order valence-corrected chi connectivity index (χ4v) is 4.15. The summed E-state index contributed by atoms with van der Waals surface area (Å²) in [5, 5.41) is 0. The van der Waals surface area contributed by atoms with Gasteiger partial charge in [-0.05, 0) is 57.4 Å². The van der Waals surface area contributed by atoms with Crippen LogP contribution in [0.4, 0.5) is 0 Å². The van der Waals surface area contributed by atoms with Gasteiger partial charge in [-0.1, -0.05) is 50.6 Å². The van der Waals surface area contributed by atoms with Gasteiger partial charge < -0.3 is 4.74 Å². The van der Waals surface area contributed by atoms with Crippen LogP contribution < -0.4 is 10.3 Å². The third-order valence-electron chi connectivity index (χ3n) is 6.26. The van der Waals surface area contributed by atoms with E-state index in [1.54, 1.807) is 10.8 Å². The Kier molecular flexibility index (Phi) is 6.81. The summed E-state index contributed by atoms with van der Waals surface area (Å²) in [5.74, 6) is 1.36. The number of ether oxygens (including phenoxy) is 1. The van der Waals surface area contributed by atoms with Crippen molar-refractivity contribution in [2.75, 3.05) is 0 Å². The molecule has 0 unspecified atom stereocenters. The molecule has 0 N–H and O–H groups in total. The maximum absolute atomic E-state index is 13.6. The monoisotopic (exact) mass is 482 g/mol. The zero-order valence-corrected chi connectivity index (χ0v) is 22.4. The normalized spacial score (nSPS) is 11.6. The summed E-state index contributed by atoms with van der Waals surface area (Å²) in [6.45, 7) is 16.4. The van der Waals surface area contributed by atoms with E-state index in [0.29, 0.717) is 23.6 Å². The van der Waals surface area contributed by atoms with E-state index in [2.05, 4.69) is 49.8 Å². The summed E-state index contributed by atoms with van der Waals surface area (Å²) in [7, 11) is 0. The molecule has 3 aromatic heterocycles. The van der Waals surface area contributed by atoms with Crippen molar-refractivity contribution < 1.29 is 4.74 Å². The standard InChI is InChI=1S/C30H34N4O2/c1-18-10-9-11-23(12-18)17-36-26-13-21(4)34(28(35)22(26)5)25-14-24(31-15-19(25)2)27-20(3)16-32-29(33-27)30(6,7)8/h9-16H,17H2,1-8H3. The molecule has 0 saturated heterocycles. The third kappa shape index (κ3) is 5.08. The molecule has 0 aliphatic rings. The van der Waals surface area contributed by atoms with Gasteiger partial charge in [0.25, 0.3) is 5.56 Å². The lowest BCUT2D eigenvalue weighted by atomic mass is 9.95. The van der Waals surface area contributed by atoms with Gasteiger partial charge in [0.2, 0.25) is 0 Å². The second-order valence-corrected chi connectivity index (χ2v) is 10.5. The van der Waals surface area contributed by atoms with Crippen molar-refractivity contribution in [2.45, 2.75) is 67.4 Å². The second kappa shape index (κ2) is 9.69. The van der Waals surface area contributed by atoms with Crippen molar-refractivity contribution >= 4 is 0 Å². The minimum Gasteiger partial charge on any atom is -0.488 e. The van der Waals surface area contributed by atoms with E-state index < -0.39 is 0 Å². The number of aryl methyl sites for hydroxylation is 4. The molecule has 1 aromatic carbocycles. The predicted molar refractivity (Wildman–Crippen MR) is 144 cm³/mol. The summed E-state index contributed by atoms with van der Waals surface area (Å²) < 4.78 is 7.80. The SMILES string of the molecule is Cc1cccc(COc2cc(C)n(-c3cc(-c4nc(C(C)(C)C)ncc4C)ncc3C)c(=O)c2C)c1. The van der Waals surface area contributed by atoms with Gasteiger partial charge in [-0.25, -0.2) is 9.97 Å². The van der Waals surface area contributed by atoms with Gasteiger partial charge in [0.05, 0.1) is 22.6 Å². The van der Waals surface area contributed by atoms with Crippen LogP contribution >= 0.6 is 0 Å². The molecule has 6 heteroatoms. The summed E-state index contributed by atoms with van der Waals surface area (Å²) in [6.07, 6.45) is 3.64. The highest BCUT2D eigenvalue weighted by Gasteiger charge is 2.20. The first-order valence-electron chi connectivity index (χ1n) is 12.2. The van der Waals surface area contributed by atoms with Gasteiger partial charge in [0.15, 0.2) is 0 Å². The number of pyridine rings is 2. The van der Waals surface area contributed by atoms with Crippen molar-refractivity contribution in [1.29, 1.82) is 0 Å². The summed E-state index contributed by atoms with van der Waals surface area (Å²) >= 11 is 0. The largest absolute Gasteiger partial charge is 0.488 e. The number of rotatable bonds is 5. The van der Waals surface area contributed by atoms with E-state index >= 15 is 0 Å². The lowest BCUT2D eigenvalue weighted by molar-refractivity contribution is 0.302. The van der Waals surface area contributed by atoms with Crippen LogP contribution in [0.5, 0.6) is 5.75 Å². The molecule has 36 heavy (non-hydrogen) atoms. The zero-order valence-electron chi connectivity index (χ0n) is 22.4. The van der Waals surface area contributed by atoms with Crippen LogP contribution in [0.15, 0.2) is 53.6 Å². The molecule has 0 bridgehead atoms. The maximum atomic E-state index is 13.6. The smallest absolute Gasteiger partial charge is 0.261 e. The van der Waals surface area contributed by atoms with E-state index in [0.717, 1.165) is 39.6 Å². The van der Waals surface area contributed by atoms with Gasteiger partial charge in [-0.15, -0.1) is 0 Å². The number of nitrogens with zero attached hydrogens (tertiary/aromatic N) is 4. The van der Waals surface area contributed by atoms with Gasteiger partial charge >= 0.3 is 0 Å².